The number of anilines is 2. The lowest BCUT2D eigenvalue weighted by molar-refractivity contribution is -0.117. The molecule has 0 unspecified atom stereocenters. The number of nitrogens with zero attached hydrogens (tertiary/aromatic N) is 1. The molecule has 0 aliphatic carbocycles. The van der Waals surface area contributed by atoms with Crippen LogP contribution in [-0.2, 0) is 16.0 Å². The molecule has 1 N–H and O–H groups in total. The summed E-state index contributed by atoms with van der Waals surface area (Å²) >= 11 is 0. The maximum absolute atomic E-state index is 12.5. The minimum atomic E-state index is -0.0782. The van der Waals surface area contributed by atoms with Gasteiger partial charge < -0.3 is 10.2 Å². The number of nitrogens with one attached hydrogen (secondary N) is 1. The molecule has 0 spiro atoms. The van der Waals surface area contributed by atoms with Crippen molar-refractivity contribution < 1.29 is 9.59 Å². The smallest absolute Gasteiger partial charge is 0.226 e. The summed E-state index contributed by atoms with van der Waals surface area (Å²) in [6, 6.07) is 11.9. The normalized spacial score (nSPS) is 10.5. The van der Waals surface area contributed by atoms with Crippen molar-refractivity contribution in [3.63, 3.8) is 0 Å². The van der Waals surface area contributed by atoms with Gasteiger partial charge in [-0.25, -0.2) is 0 Å². The average Bonchev–Trinajstić information content (AvgIpc) is 2.60. The molecule has 0 aliphatic heterocycles. The molecule has 4 nitrogen and oxygen atoms in total. The predicted octanol–water partition coefficient (Wildman–Crippen LogP) is 4.56. The van der Waals surface area contributed by atoms with Crippen LogP contribution in [0.25, 0.3) is 0 Å². The summed E-state index contributed by atoms with van der Waals surface area (Å²) < 4.78 is 0. The third-order valence-corrected chi connectivity index (χ3v) is 4.81. The van der Waals surface area contributed by atoms with Crippen LogP contribution in [0.1, 0.15) is 42.5 Å². The summed E-state index contributed by atoms with van der Waals surface area (Å²) in [7, 11) is 0. The number of hydrogen-bond donors (Lipinski definition) is 1. The van der Waals surface area contributed by atoms with Crippen LogP contribution in [0.3, 0.4) is 0 Å². The van der Waals surface area contributed by atoms with Crippen molar-refractivity contribution in [3.8, 4) is 0 Å². The molecular formula is C22H28N2O2. The topological polar surface area (TPSA) is 49.4 Å². The maximum Gasteiger partial charge on any atom is 0.226 e. The number of aryl methyl sites for hydroxylation is 3. The summed E-state index contributed by atoms with van der Waals surface area (Å²) in [6.07, 6.45) is 1.11. The van der Waals surface area contributed by atoms with Gasteiger partial charge in [-0.3, -0.25) is 9.59 Å². The fourth-order valence-corrected chi connectivity index (χ4v) is 3.09. The third kappa shape index (κ3) is 4.51. The van der Waals surface area contributed by atoms with Crippen molar-refractivity contribution in [1.29, 1.82) is 0 Å². The highest BCUT2D eigenvalue weighted by Crippen LogP contribution is 2.24. The Morgan fingerprint density at radius 1 is 1.00 bits per heavy atom. The minimum Gasteiger partial charge on any atom is -0.326 e. The highest BCUT2D eigenvalue weighted by Gasteiger charge is 2.17. The Morgan fingerprint density at radius 3 is 2.31 bits per heavy atom. The number of rotatable bonds is 6. The van der Waals surface area contributed by atoms with Crippen molar-refractivity contribution in [2.75, 3.05) is 16.8 Å². The van der Waals surface area contributed by atoms with Crippen LogP contribution in [0.15, 0.2) is 36.4 Å². The van der Waals surface area contributed by atoms with Gasteiger partial charge >= 0.3 is 0 Å². The number of para-hydroxylation sites is 1. The minimum absolute atomic E-state index is 0.0587. The summed E-state index contributed by atoms with van der Waals surface area (Å²) in [5.41, 5.74) is 6.13. The zero-order chi connectivity index (χ0) is 19.3. The first-order valence-electron chi connectivity index (χ1n) is 9.07. The number of amides is 2. The molecule has 0 fully saturated rings. The summed E-state index contributed by atoms with van der Waals surface area (Å²) in [5, 5.41) is 3.02. The fraction of sp³-hybridized carbons (Fsp3) is 0.364. The van der Waals surface area contributed by atoms with E-state index in [1.807, 2.05) is 57.2 Å². The lowest BCUT2D eigenvalue weighted by Crippen LogP contribution is -2.32. The van der Waals surface area contributed by atoms with Gasteiger partial charge in [-0.15, -0.1) is 0 Å². The monoisotopic (exact) mass is 352 g/mol. The number of carbonyl (C=O) groups excluding carboxylic acids is 2. The highest BCUT2D eigenvalue weighted by molar-refractivity contribution is 5.96. The van der Waals surface area contributed by atoms with E-state index in [9.17, 15) is 9.59 Å². The van der Waals surface area contributed by atoms with Gasteiger partial charge in [0.25, 0.3) is 0 Å². The van der Waals surface area contributed by atoms with Gasteiger partial charge in [0.1, 0.15) is 0 Å². The Balaban J connectivity index is 2.12. The summed E-state index contributed by atoms with van der Waals surface area (Å²) in [4.78, 5) is 26.3. The molecule has 138 valence electrons. The summed E-state index contributed by atoms with van der Waals surface area (Å²) in [6.45, 7) is 9.99. The quantitative estimate of drug-likeness (QED) is 0.829. The Hall–Kier alpha value is -2.62. The van der Waals surface area contributed by atoms with E-state index in [4.69, 9.17) is 0 Å². The van der Waals surface area contributed by atoms with Crippen LogP contribution in [0.4, 0.5) is 11.4 Å². The molecule has 0 saturated carbocycles. The lowest BCUT2D eigenvalue weighted by atomic mass is 10.1. The van der Waals surface area contributed by atoms with E-state index in [1.54, 1.807) is 4.90 Å². The number of benzene rings is 2. The van der Waals surface area contributed by atoms with E-state index >= 15 is 0 Å². The predicted molar refractivity (Wildman–Crippen MR) is 108 cm³/mol. The van der Waals surface area contributed by atoms with E-state index in [2.05, 4.69) is 12.2 Å². The highest BCUT2D eigenvalue weighted by atomic mass is 16.2. The maximum atomic E-state index is 12.5. The second-order valence-electron chi connectivity index (χ2n) is 6.65. The second kappa shape index (κ2) is 8.65. The fourth-order valence-electron chi connectivity index (χ4n) is 3.09. The third-order valence-electron chi connectivity index (χ3n) is 4.81. The van der Waals surface area contributed by atoms with Gasteiger partial charge in [-0.1, -0.05) is 37.3 Å². The Morgan fingerprint density at radius 2 is 1.65 bits per heavy atom. The molecule has 2 rings (SSSR count). The first-order valence-corrected chi connectivity index (χ1v) is 9.07. The Bertz CT molecular complexity index is 812. The molecule has 2 amide bonds. The largest absolute Gasteiger partial charge is 0.326 e. The van der Waals surface area contributed by atoms with Crippen molar-refractivity contribution in [2.24, 2.45) is 0 Å². The van der Waals surface area contributed by atoms with Crippen molar-refractivity contribution in [1.82, 2.24) is 0 Å². The summed E-state index contributed by atoms with van der Waals surface area (Å²) in [5.74, 6) is -0.137. The van der Waals surface area contributed by atoms with Crippen LogP contribution in [-0.4, -0.2) is 18.4 Å². The van der Waals surface area contributed by atoms with Crippen LogP contribution in [0.2, 0.25) is 0 Å². The van der Waals surface area contributed by atoms with Gasteiger partial charge in [-0.2, -0.15) is 0 Å². The van der Waals surface area contributed by atoms with Crippen molar-refractivity contribution >= 4 is 23.2 Å². The van der Waals surface area contributed by atoms with Crippen molar-refractivity contribution in [2.45, 2.75) is 47.5 Å². The van der Waals surface area contributed by atoms with Gasteiger partial charge in [0.15, 0.2) is 0 Å². The van der Waals surface area contributed by atoms with Gasteiger partial charge in [-0.05, 0) is 55.5 Å². The van der Waals surface area contributed by atoms with Crippen molar-refractivity contribution in [3.05, 3.63) is 58.7 Å². The van der Waals surface area contributed by atoms with Crippen LogP contribution < -0.4 is 10.2 Å². The zero-order valence-electron chi connectivity index (χ0n) is 16.3. The van der Waals surface area contributed by atoms with Crippen LogP contribution >= 0.6 is 0 Å². The molecule has 0 bridgehead atoms. The Kier molecular flexibility index (Phi) is 6.56. The molecule has 26 heavy (non-hydrogen) atoms. The zero-order valence-corrected chi connectivity index (χ0v) is 16.3. The number of carbonyl (C=O) groups is 2. The number of hydrogen-bond acceptors (Lipinski definition) is 2. The molecule has 0 atom stereocenters. The second-order valence-corrected chi connectivity index (χ2v) is 6.65. The van der Waals surface area contributed by atoms with Gasteiger partial charge in [0, 0.05) is 31.3 Å². The molecule has 0 aliphatic rings. The van der Waals surface area contributed by atoms with E-state index in [-0.39, 0.29) is 18.2 Å². The van der Waals surface area contributed by atoms with E-state index < -0.39 is 0 Å². The van der Waals surface area contributed by atoms with Crippen LogP contribution in [0.5, 0.6) is 0 Å². The standard InChI is InChI=1S/C22H28N2O2/c1-6-19-11-7-10-16(3)22(19)23-21(26)13-14-24(18(5)25)20-12-8-9-15(2)17(20)4/h7-12H,6,13-14H2,1-5H3,(H,23,26). The SMILES string of the molecule is CCc1cccc(C)c1NC(=O)CCN(C(C)=O)c1cccc(C)c1C. The van der Waals surface area contributed by atoms with Crippen LogP contribution in [0, 0.1) is 20.8 Å². The van der Waals surface area contributed by atoms with Gasteiger partial charge in [0.05, 0.1) is 0 Å². The van der Waals surface area contributed by atoms with E-state index in [0.29, 0.717) is 6.54 Å². The molecule has 0 radical (unpaired) electrons. The van der Waals surface area contributed by atoms with E-state index in [1.165, 1.54) is 6.92 Å². The molecule has 4 heteroatoms. The molecule has 2 aromatic carbocycles. The van der Waals surface area contributed by atoms with E-state index in [0.717, 1.165) is 40.0 Å². The molecule has 0 aromatic heterocycles. The lowest BCUT2D eigenvalue weighted by Gasteiger charge is -2.24. The molecular weight excluding hydrogens is 324 g/mol. The average molecular weight is 352 g/mol. The first-order chi connectivity index (χ1) is 12.3. The molecule has 0 saturated heterocycles. The van der Waals surface area contributed by atoms with Gasteiger partial charge in [0.2, 0.25) is 11.8 Å². The Labute approximate surface area is 156 Å². The molecule has 0 heterocycles. The first kappa shape index (κ1) is 19.7. The molecule has 2 aromatic rings.